The second-order valence-corrected chi connectivity index (χ2v) is 6.30. The normalized spacial score (nSPS) is 18.7. The minimum atomic E-state index is 0.321. The Morgan fingerprint density at radius 3 is 2.52 bits per heavy atom. The number of hydrogen-bond acceptors (Lipinski definition) is 3. The molecule has 1 aliphatic heterocycles. The molecule has 118 valence electrons. The van der Waals surface area contributed by atoms with Gasteiger partial charge in [-0.2, -0.15) is 0 Å². The summed E-state index contributed by atoms with van der Waals surface area (Å²) < 4.78 is 11.5. The van der Waals surface area contributed by atoms with E-state index < -0.39 is 0 Å². The van der Waals surface area contributed by atoms with Crippen LogP contribution in [0.15, 0.2) is 18.2 Å². The van der Waals surface area contributed by atoms with Crippen LogP contribution in [0.3, 0.4) is 0 Å². The molecule has 21 heavy (non-hydrogen) atoms. The third kappa shape index (κ3) is 4.63. The molecule has 3 unspecified atom stereocenters. The van der Waals surface area contributed by atoms with Crippen molar-refractivity contribution in [1.82, 2.24) is 5.32 Å². The molecule has 3 heteroatoms. The maximum Gasteiger partial charge on any atom is 0.161 e. The van der Waals surface area contributed by atoms with Gasteiger partial charge in [0.1, 0.15) is 0 Å². The van der Waals surface area contributed by atoms with E-state index in [1.54, 1.807) is 0 Å². The fourth-order valence-corrected chi connectivity index (χ4v) is 2.81. The standard InChI is InChI=1S/C18H29NO2/c1-5-13(2)11-14(3)19-15(4)16-7-8-17-18(12-16)21-10-6-9-20-17/h7-8,12-15,19H,5-6,9-11H2,1-4H3. The van der Waals surface area contributed by atoms with Gasteiger partial charge in [0.05, 0.1) is 13.2 Å². The molecule has 0 bridgehead atoms. The first-order valence-corrected chi connectivity index (χ1v) is 8.25. The Morgan fingerprint density at radius 2 is 1.81 bits per heavy atom. The van der Waals surface area contributed by atoms with E-state index in [1.165, 1.54) is 18.4 Å². The SMILES string of the molecule is CCC(C)CC(C)NC(C)c1ccc2c(c1)OCCCO2. The van der Waals surface area contributed by atoms with E-state index in [9.17, 15) is 0 Å². The van der Waals surface area contributed by atoms with Crippen molar-refractivity contribution in [2.75, 3.05) is 13.2 Å². The first kappa shape index (κ1) is 16.2. The predicted octanol–water partition coefficient (Wildman–Crippen LogP) is 4.32. The van der Waals surface area contributed by atoms with E-state index in [0.717, 1.165) is 37.1 Å². The first-order chi connectivity index (χ1) is 10.1. The molecule has 0 aliphatic carbocycles. The van der Waals surface area contributed by atoms with Crippen LogP contribution < -0.4 is 14.8 Å². The van der Waals surface area contributed by atoms with Crippen LogP contribution in [0.5, 0.6) is 11.5 Å². The van der Waals surface area contributed by atoms with Gasteiger partial charge in [0, 0.05) is 18.5 Å². The van der Waals surface area contributed by atoms with Gasteiger partial charge in [-0.15, -0.1) is 0 Å². The smallest absolute Gasteiger partial charge is 0.161 e. The summed E-state index contributed by atoms with van der Waals surface area (Å²) in [7, 11) is 0. The molecule has 1 aromatic carbocycles. The highest BCUT2D eigenvalue weighted by Gasteiger charge is 2.15. The van der Waals surface area contributed by atoms with Gasteiger partial charge in [-0.1, -0.05) is 26.3 Å². The Hall–Kier alpha value is -1.22. The highest BCUT2D eigenvalue weighted by atomic mass is 16.5. The zero-order valence-corrected chi connectivity index (χ0v) is 13.8. The van der Waals surface area contributed by atoms with E-state index in [0.29, 0.717) is 12.1 Å². The second kappa shape index (κ2) is 7.69. The molecular weight excluding hydrogens is 262 g/mol. The van der Waals surface area contributed by atoms with E-state index in [-0.39, 0.29) is 0 Å². The average Bonchev–Trinajstić information content (AvgIpc) is 2.71. The van der Waals surface area contributed by atoms with E-state index >= 15 is 0 Å². The zero-order valence-electron chi connectivity index (χ0n) is 13.8. The molecule has 1 heterocycles. The van der Waals surface area contributed by atoms with Gasteiger partial charge in [0.15, 0.2) is 11.5 Å². The van der Waals surface area contributed by atoms with Crippen molar-refractivity contribution in [2.24, 2.45) is 5.92 Å². The largest absolute Gasteiger partial charge is 0.490 e. The molecular formula is C18H29NO2. The fraction of sp³-hybridized carbons (Fsp3) is 0.667. The molecule has 0 fully saturated rings. The predicted molar refractivity (Wildman–Crippen MR) is 87.1 cm³/mol. The van der Waals surface area contributed by atoms with Crippen LogP contribution in [0.1, 0.15) is 58.6 Å². The van der Waals surface area contributed by atoms with E-state index in [1.807, 2.05) is 6.07 Å². The van der Waals surface area contributed by atoms with Gasteiger partial charge >= 0.3 is 0 Å². The maximum absolute atomic E-state index is 5.77. The number of rotatable bonds is 6. The second-order valence-electron chi connectivity index (χ2n) is 6.30. The van der Waals surface area contributed by atoms with E-state index in [2.05, 4.69) is 45.1 Å². The Balaban J connectivity index is 1.99. The van der Waals surface area contributed by atoms with Crippen molar-refractivity contribution >= 4 is 0 Å². The molecule has 0 radical (unpaired) electrons. The van der Waals surface area contributed by atoms with Crippen molar-refractivity contribution in [3.05, 3.63) is 23.8 Å². The molecule has 1 aliphatic rings. The van der Waals surface area contributed by atoms with Crippen LogP contribution in [0, 0.1) is 5.92 Å². The van der Waals surface area contributed by atoms with Crippen molar-refractivity contribution in [3.8, 4) is 11.5 Å². The fourth-order valence-electron chi connectivity index (χ4n) is 2.81. The molecule has 0 amide bonds. The molecule has 0 saturated heterocycles. The van der Waals surface area contributed by atoms with Crippen LogP contribution in [0.25, 0.3) is 0 Å². The third-order valence-electron chi connectivity index (χ3n) is 4.26. The highest BCUT2D eigenvalue weighted by molar-refractivity contribution is 5.44. The summed E-state index contributed by atoms with van der Waals surface area (Å²) in [5, 5.41) is 3.69. The minimum absolute atomic E-state index is 0.321. The van der Waals surface area contributed by atoms with Gasteiger partial charge in [-0.3, -0.25) is 0 Å². The number of ether oxygens (including phenoxy) is 2. The maximum atomic E-state index is 5.77. The summed E-state index contributed by atoms with van der Waals surface area (Å²) in [6.07, 6.45) is 3.40. The van der Waals surface area contributed by atoms with Gasteiger partial charge in [-0.05, 0) is 43.9 Å². The lowest BCUT2D eigenvalue weighted by atomic mass is 9.99. The van der Waals surface area contributed by atoms with Crippen molar-refractivity contribution < 1.29 is 9.47 Å². The molecule has 3 atom stereocenters. The van der Waals surface area contributed by atoms with Gasteiger partial charge in [0.2, 0.25) is 0 Å². The van der Waals surface area contributed by atoms with Crippen molar-refractivity contribution in [1.29, 1.82) is 0 Å². The lowest BCUT2D eigenvalue weighted by Gasteiger charge is -2.23. The van der Waals surface area contributed by atoms with Crippen LogP contribution in [-0.4, -0.2) is 19.3 Å². The number of nitrogens with one attached hydrogen (secondary N) is 1. The van der Waals surface area contributed by atoms with Gasteiger partial charge < -0.3 is 14.8 Å². The quantitative estimate of drug-likeness (QED) is 0.846. The third-order valence-corrected chi connectivity index (χ3v) is 4.26. The number of hydrogen-bond donors (Lipinski definition) is 1. The molecule has 0 spiro atoms. The molecule has 2 rings (SSSR count). The topological polar surface area (TPSA) is 30.5 Å². The van der Waals surface area contributed by atoms with Crippen LogP contribution >= 0.6 is 0 Å². The molecule has 0 saturated carbocycles. The van der Waals surface area contributed by atoms with E-state index in [4.69, 9.17) is 9.47 Å². The van der Waals surface area contributed by atoms with Crippen LogP contribution in [-0.2, 0) is 0 Å². The average molecular weight is 291 g/mol. The van der Waals surface area contributed by atoms with Crippen molar-refractivity contribution in [2.45, 2.75) is 59.0 Å². The summed E-state index contributed by atoms with van der Waals surface area (Å²) in [6.45, 7) is 10.5. The Labute approximate surface area is 129 Å². The Bertz CT molecular complexity index is 447. The lowest BCUT2D eigenvalue weighted by molar-refractivity contribution is 0.297. The molecule has 1 N–H and O–H groups in total. The highest BCUT2D eigenvalue weighted by Crippen LogP contribution is 2.32. The number of fused-ring (bicyclic) bond motifs is 1. The van der Waals surface area contributed by atoms with Crippen molar-refractivity contribution in [3.63, 3.8) is 0 Å². The summed E-state index contributed by atoms with van der Waals surface area (Å²) in [5.74, 6) is 2.52. The van der Waals surface area contributed by atoms with Gasteiger partial charge in [0.25, 0.3) is 0 Å². The molecule has 3 nitrogen and oxygen atoms in total. The molecule has 0 aromatic heterocycles. The monoisotopic (exact) mass is 291 g/mol. The Morgan fingerprint density at radius 1 is 1.10 bits per heavy atom. The summed E-state index contributed by atoms with van der Waals surface area (Å²) >= 11 is 0. The minimum Gasteiger partial charge on any atom is -0.490 e. The van der Waals surface area contributed by atoms with Gasteiger partial charge in [-0.25, -0.2) is 0 Å². The summed E-state index contributed by atoms with van der Waals surface area (Å²) in [5.41, 5.74) is 1.26. The van der Waals surface area contributed by atoms with Crippen LogP contribution in [0.2, 0.25) is 0 Å². The Kier molecular flexibility index (Phi) is 5.92. The summed E-state index contributed by atoms with van der Waals surface area (Å²) in [4.78, 5) is 0. The first-order valence-electron chi connectivity index (χ1n) is 8.25. The molecule has 1 aromatic rings. The lowest BCUT2D eigenvalue weighted by Crippen LogP contribution is -2.30. The number of benzene rings is 1. The van der Waals surface area contributed by atoms with Crippen LogP contribution in [0.4, 0.5) is 0 Å². The summed E-state index contributed by atoms with van der Waals surface area (Å²) in [6, 6.07) is 7.13. The zero-order chi connectivity index (χ0) is 15.2.